The maximum Gasteiger partial charge on any atom is 0.123 e. The van der Waals surface area contributed by atoms with Crippen LogP contribution < -0.4 is 5.73 Å². The highest BCUT2D eigenvalue weighted by Crippen LogP contribution is 2.32. The molecule has 2 nitrogen and oxygen atoms in total. The topological polar surface area (TPSA) is 29.3 Å². The first-order valence-corrected chi connectivity index (χ1v) is 7.26. The van der Waals surface area contributed by atoms with Gasteiger partial charge in [0.1, 0.15) is 5.82 Å². The molecule has 19 heavy (non-hydrogen) atoms. The predicted octanol–water partition coefficient (Wildman–Crippen LogP) is 3.33. The summed E-state index contributed by atoms with van der Waals surface area (Å²) in [6.45, 7) is 7.75. The number of nitrogens with two attached hydrogens (primary N) is 1. The van der Waals surface area contributed by atoms with Gasteiger partial charge in [-0.2, -0.15) is 0 Å². The molecule has 0 radical (unpaired) electrons. The highest BCUT2D eigenvalue weighted by atomic mass is 19.1. The predicted molar refractivity (Wildman–Crippen MR) is 77.4 cm³/mol. The van der Waals surface area contributed by atoms with E-state index in [0.717, 1.165) is 18.0 Å². The van der Waals surface area contributed by atoms with E-state index in [9.17, 15) is 4.39 Å². The Bertz CT molecular complexity index is 398. The van der Waals surface area contributed by atoms with Crippen LogP contribution in [-0.2, 0) is 0 Å². The molecule has 0 amide bonds. The second kappa shape index (κ2) is 6.02. The van der Waals surface area contributed by atoms with Gasteiger partial charge in [-0.25, -0.2) is 4.39 Å². The van der Waals surface area contributed by atoms with Crippen molar-refractivity contribution in [2.24, 2.45) is 11.7 Å². The van der Waals surface area contributed by atoms with Crippen molar-refractivity contribution in [3.05, 3.63) is 35.6 Å². The minimum atomic E-state index is -0.206. The van der Waals surface area contributed by atoms with Crippen LogP contribution in [0.25, 0.3) is 0 Å². The summed E-state index contributed by atoms with van der Waals surface area (Å²) < 4.78 is 13.0. The van der Waals surface area contributed by atoms with Gasteiger partial charge in [0.25, 0.3) is 0 Å². The van der Waals surface area contributed by atoms with Crippen LogP contribution in [0, 0.1) is 11.7 Å². The van der Waals surface area contributed by atoms with Gasteiger partial charge in [-0.3, -0.25) is 4.90 Å². The van der Waals surface area contributed by atoms with Crippen LogP contribution >= 0.6 is 0 Å². The second-order valence-electron chi connectivity index (χ2n) is 6.05. The molecule has 2 atom stereocenters. The highest BCUT2D eigenvalue weighted by molar-refractivity contribution is 5.21. The van der Waals surface area contributed by atoms with Crippen molar-refractivity contribution in [1.82, 2.24) is 4.90 Å². The molecule has 1 aliphatic carbocycles. The van der Waals surface area contributed by atoms with Crippen molar-refractivity contribution in [3.8, 4) is 0 Å². The van der Waals surface area contributed by atoms with E-state index in [0.29, 0.717) is 6.04 Å². The van der Waals surface area contributed by atoms with Crippen molar-refractivity contribution >= 4 is 0 Å². The van der Waals surface area contributed by atoms with E-state index in [4.69, 9.17) is 5.73 Å². The summed E-state index contributed by atoms with van der Waals surface area (Å²) >= 11 is 0. The van der Waals surface area contributed by atoms with Gasteiger partial charge in [0.2, 0.25) is 0 Å². The fourth-order valence-electron chi connectivity index (χ4n) is 2.62. The minimum Gasteiger partial charge on any atom is -0.323 e. The maximum atomic E-state index is 13.0. The molecule has 0 aliphatic heterocycles. The molecule has 1 aromatic rings. The molecule has 2 N–H and O–H groups in total. The molecule has 3 heteroatoms. The molecule has 0 aromatic heterocycles. The molecular weight excluding hydrogens is 239 g/mol. The van der Waals surface area contributed by atoms with Crippen molar-refractivity contribution in [3.63, 3.8) is 0 Å². The highest BCUT2D eigenvalue weighted by Gasteiger charge is 2.30. The quantitative estimate of drug-likeness (QED) is 0.854. The molecule has 0 bridgehead atoms. The third-order valence-electron chi connectivity index (χ3n) is 4.13. The summed E-state index contributed by atoms with van der Waals surface area (Å²) in [6, 6.07) is 7.26. The van der Waals surface area contributed by atoms with Crippen molar-refractivity contribution in [2.75, 3.05) is 6.54 Å². The van der Waals surface area contributed by atoms with Gasteiger partial charge >= 0.3 is 0 Å². The van der Waals surface area contributed by atoms with Crippen LogP contribution in [0.1, 0.15) is 45.2 Å². The molecule has 0 saturated heterocycles. The Morgan fingerprint density at radius 1 is 1.21 bits per heavy atom. The fraction of sp³-hybridized carbons (Fsp3) is 0.625. The van der Waals surface area contributed by atoms with Crippen LogP contribution in [0.2, 0.25) is 0 Å². The average Bonchev–Trinajstić information content (AvgIpc) is 3.19. The van der Waals surface area contributed by atoms with E-state index in [2.05, 4.69) is 25.7 Å². The monoisotopic (exact) mass is 264 g/mol. The van der Waals surface area contributed by atoms with Gasteiger partial charge < -0.3 is 5.73 Å². The third kappa shape index (κ3) is 3.77. The lowest BCUT2D eigenvalue weighted by atomic mass is 9.99. The van der Waals surface area contributed by atoms with Crippen LogP contribution in [0.4, 0.5) is 4.39 Å². The van der Waals surface area contributed by atoms with E-state index in [1.807, 2.05) is 0 Å². The Morgan fingerprint density at radius 2 is 1.79 bits per heavy atom. The molecule has 0 spiro atoms. The van der Waals surface area contributed by atoms with E-state index in [-0.39, 0.29) is 17.9 Å². The summed E-state index contributed by atoms with van der Waals surface area (Å²) in [5.41, 5.74) is 7.37. The number of halogens is 1. The molecule has 1 saturated carbocycles. The molecule has 1 fully saturated rings. The Kier molecular flexibility index (Phi) is 4.58. The molecule has 2 unspecified atom stereocenters. The SMILES string of the molecule is CC(C)N(CC1CC1)C(C)C(N)c1ccc(F)cc1. The van der Waals surface area contributed by atoms with Crippen molar-refractivity contribution in [2.45, 2.75) is 51.7 Å². The molecule has 1 aliphatic rings. The number of hydrogen-bond donors (Lipinski definition) is 1. The first-order chi connectivity index (χ1) is 8.99. The van der Waals surface area contributed by atoms with Crippen LogP contribution in [-0.4, -0.2) is 23.5 Å². The van der Waals surface area contributed by atoms with Crippen LogP contribution in [0.15, 0.2) is 24.3 Å². The normalized spacial score (nSPS) is 18.9. The van der Waals surface area contributed by atoms with Crippen LogP contribution in [0.3, 0.4) is 0 Å². The zero-order valence-corrected chi connectivity index (χ0v) is 12.1. The summed E-state index contributed by atoms with van der Waals surface area (Å²) in [4.78, 5) is 2.48. The molecular formula is C16H25FN2. The zero-order valence-electron chi connectivity index (χ0n) is 12.1. The number of rotatable bonds is 6. The van der Waals surface area contributed by atoms with Gasteiger partial charge in [-0.1, -0.05) is 12.1 Å². The zero-order chi connectivity index (χ0) is 14.0. The summed E-state index contributed by atoms with van der Waals surface area (Å²) in [5.74, 6) is 0.646. The smallest absolute Gasteiger partial charge is 0.123 e. The van der Waals surface area contributed by atoms with Gasteiger partial charge in [-0.05, 0) is 57.2 Å². The molecule has 0 heterocycles. The average molecular weight is 264 g/mol. The van der Waals surface area contributed by atoms with Crippen LogP contribution in [0.5, 0.6) is 0 Å². The lowest BCUT2D eigenvalue weighted by Crippen LogP contribution is -2.45. The fourth-order valence-corrected chi connectivity index (χ4v) is 2.62. The van der Waals surface area contributed by atoms with E-state index >= 15 is 0 Å². The van der Waals surface area contributed by atoms with E-state index < -0.39 is 0 Å². The van der Waals surface area contributed by atoms with Gasteiger partial charge in [0.05, 0.1) is 0 Å². The third-order valence-corrected chi connectivity index (χ3v) is 4.13. The molecule has 1 aromatic carbocycles. The lowest BCUT2D eigenvalue weighted by Gasteiger charge is -2.36. The summed E-state index contributed by atoms with van der Waals surface area (Å²) in [6.07, 6.45) is 2.70. The van der Waals surface area contributed by atoms with Gasteiger partial charge in [-0.15, -0.1) is 0 Å². The lowest BCUT2D eigenvalue weighted by molar-refractivity contribution is 0.136. The minimum absolute atomic E-state index is 0.0678. The van der Waals surface area contributed by atoms with Gasteiger partial charge in [0.15, 0.2) is 0 Å². The number of hydrogen-bond acceptors (Lipinski definition) is 2. The Balaban J connectivity index is 2.06. The Morgan fingerprint density at radius 3 is 2.26 bits per heavy atom. The van der Waals surface area contributed by atoms with Gasteiger partial charge in [0, 0.05) is 24.7 Å². The maximum absolute atomic E-state index is 13.0. The Hall–Kier alpha value is -0.930. The van der Waals surface area contributed by atoms with Crippen molar-refractivity contribution in [1.29, 1.82) is 0 Å². The van der Waals surface area contributed by atoms with E-state index in [1.165, 1.54) is 25.0 Å². The molecule has 2 rings (SSSR count). The molecule has 106 valence electrons. The number of benzene rings is 1. The largest absolute Gasteiger partial charge is 0.323 e. The second-order valence-corrected chi connectivity index (χ2v) is 6.05. The van der Waals surface area contributed by atoms with Crippen molar-refractivity contribution < 1.29 is 4.39 Å². The standard InChI is InChI=1S/C16H25FN2/c1-11(2)19(10-13-4-5-13)12(3)16(18)14-6-8-15(17)9-7-14/h6-9,11-13,16H,4-5,10,18H2,1-3H3. The van der Waals surface area contributed by atoms with E-state index in [1.54, 1.807) is 12.1 Å². The summed E-state index contributed by atoms with van der Waals surface area (Å²) in [5, 5.41) is 0. The Labute approximate surface area is 115 Å². The first kappa shape index (κ1) is 14.5. The summed E-state index contributed by atoms with van der Waals surface area (Å²) in [7, 11) is 0. The first-order valence-electron chi connectivity index (χ1n) is 7.26. The number of nitrogens with zero attached hydrogens (tertiary/aromatic N) is 1.